The van der Waals surface area contributed by atoms with Crippen LogP contribution >= 0.6 is 15.5 Å². The predicted octanol–water partition coefficient (Wildman–Crippen LogP) is -4.08. The molecular formula is C21H33N5O15P2. The van der Waals surface area contributed by atoms with E-state index < -0.39 is 104 Å². The SMILES string of the molecule is CC(N)C(=O)N(C(CO)C(=O)N(C(Cc1ccc(O)cc1)C(=O)NC(CO)C(=O)NC(C)C(=O)O)P(=O)(O)O)P(=O)(O)O. The number of nitrogens with two attached hydrogens (primary N) is 1. The summed E-state index contributed by atoms with van der Waals surface area (Å²) in [5, 5.41) is 41.9. The zero-order chi connectivity index (χ0) is 33.4. The zero-order valence-corrected chi connectivity index (χ0v) is 24.4. The van der Waals surface area contributed by atoms with Crippen molar-refractivity contribution in [3.8, 4) is 5.75 Å². The Morgan fingerprint density at radius 3 is 1.70 bits per heavy atom. The van der Waals surface area contributed by atoms with E-state index in [-0.39, 0.29) is 11.3 Å². The number of hydrogen-bond donors (Lipinski definition) is 11. The summed E-state index contributed by atoms with van der Waals surface area (Å²) < 4.78 is 23.8. The Morgan fingerprint density at radius 1 is 0.814 bits per heavy atom. The number of rotatable bonds is 15. The van der Waals surface area contributed by atoms with Gasteiger partial charge in [-0.05, 0) is 31.5 Å². The van der Waals surface area contributed by atoms with Crippen molar-refractivity contribution in [2.45, 2.75) is 50.5 Å². The van der Waals surface area contributed by atoms with Gasteiger partial charge in [-0.3, -0.25) is 24.0 Å². The second-order valence-electron chi connectivity index (χ2n) is 9.08. The minimum absolute atomic E-state index is 0.0211. The highest BCUT2D eigenvalue weighted by molar-refractivity contribution is 7.50. The lowest BCUT2D eigenvalue weighted by Crippen LogP contribution is -2.60. The highest BCUT2D eigenvalue weighted by Crippen LogP contribution is 2.47. The maximum Gasteiger partial charge on any atom is 0.433 e. The molecule has 0 aliphatic carbocycles. The molecule has 0 saturated heterocycles. The monoisotopic (exact) mass is 657 g/mol. The second-order valence-corrected chi connectivity index (χ2v) is 12.0. The molecule has 1 aromatic carbocycles. The fourth-order valence-electron chi connectivity index (χ4n) is 3.53. The van der Waals surface area contributed by atoms with Crippen LogP contribution in [0.1, 0.15) is 19.4 Å². The van der Waals surface area contributed by atoms with Gasteiger partial charge in [-0.2, -0.15) is 0 Å². The van der Waals surface area contributed by atoms with Gasteiger partial charge in [0.05, 0.1) is 19.3 Å². The molecule has 5 unspecified atom stereocenters. The maximum absolute atomic E-state index is 13.5. The third-order valence-electron chi connectivity index (χ3n) is 5.66. The van der Waals surface area contributed by atoms with Crippen molar-refractivity contribution in [1.82, 2.24) is 20.0 Å². The summed E-state index contributed by atoms with van der Waals surface area (Å²) in [7, 11) is -11.8. The van der Waals surface area contributed by atoms with Gasteiger partial charge in [-0.1, -0.05) is 12.1 Å². The molecule has 0 radical (unpaired) electrons. The summed E-state index contributed by atoms with van der Waals surface area (Å²) in [5.41, 5.74) is 5.41. The fraction of sp³-hybridized carbons (Fsp3) is 0.476. The second kappa shape index (κ2) is 15.3. The quantitative estimate of drug-likeness (QED) is 0.0799. The highest BCUT2D eigenvalue weighted by atomic mass is 31.2. The van der Waals surface area contributed by atoms with E-state index in [2.05, 4.69) is 0 Å². The van der Waals surface area contributed by atoms with Crippen molar-refractivity contribution in [2.24, 2.45) is 5.73 Å². The standard InChI is InChI=1S/C21H33N5O15P2/c1-10(22)19(32)26(43(39,40)41)16(9-28)20(33)25(42(36,37)38)15(7-12-3-5-13(29)6-4-12)18(31)24-14(8-27)17(30)23-11(2)21(34)35/h3-6,10-11,14-16,27-29H,7-9,22H2,1-2H3,(H,23,30)(H,24,31)(H,34,35)(H2,36,37,38)(H2,39,40,41). The Hall–Kier alpha value is -3.45. The number of carboxylic acid groups (broad SMARTS) is 1. The number of carboxylic acids is 1. The van der Waals surface area contributed by atoms with Crippen molar-refractivity contribution < 1.29 is 73.1 Å². The number of phenolic OH excluding ortho intramolecular Hbond substituents is 1. The minimum Gasteiger partial charge on any atom is -0.508 e. The molecule has 0 aliphatic rings. The molecular weight excluding hydrogens is 624 g/mol. The Morgan fingerprint density at radius 2 is 1.30 bits per heavy atom. The normalized spacial score (nSPS) is 15.3. The number of aliphatic carboxylic acids is 1. The van der Waals surface area contributed by atoms with Gasteiger partial charge in [0.2, 0.25) is 17.7 Å². The van der Waals surface area contributed by atoms with Gasteiger partial charge >= 0.3 is 21.5 Å². The fourth-order valence-corrected chi connectivity index (χ4v) is 5.45. The third-order valence-corrected chi connectivity index (χ3v) is 7.74. The molecule has 5 atom stereocenters. The molecule has 12 N–H and O–H groups in total. The lowest BCUT2D eigenvalue weighted by molar-refractivity contribution is -0.145. The molecule has 0 aliphatic heterocycles. The number of phenols is 1. The Bertz CT molecular complexity index is 1280. The smallest absolute Gasteiger partial charge is 0.433 e. The Balaban J connectivity index is 3.74. The molecule has 0 saturated carbocycles. The molecule has 0 heterocycles. The first-order valence-electron chi connectivity index (χ1n) is 12.0. The maximum atomic E-state index is 13.5. The van der Waals surface area contributed by atoms with E-state index in [0.717, 1.165) is 38.1 Å². The molecule has 0 fully saturated rings. The first-order valence-corrected chi connectivity index (χ1v) is 15.2. The number of carbonyl (C=O) groups is 5. The van der Waals surface area contributed by atoms with Gasteiger partial charge in [0.1, 0.15) is 29.9 Å². The molecule has 43 heavy (non-hydrogen) atoms. The number of aromatic hydroxyl groups is 1. The summed E-state index contributed by atoms with van der Waals surface area (Å²) in [4.78, 5) is 103. The number of carbonyl (C=O) groups excluding carboxylic acids is 4. The number of amides is 4. The van der Waals surface area contributed by atoms with Crippen molar-refractivity contribution >= 4 is 45.1 Å². The van der Waals surface area contributed by atoms with Crippen molar-refractivity contribution in [3.63, 3.8) is 0 Å². The first kappa shape index (κ1) is 37.6. The van der Waals surface area contributed by atoms with Crippen LogP contribution in [0.15, 0.2) is 24.3 Å². The third kappa shape index (κ3) is 10.3. The van der Waals surface area contributed by atoms with Gasteiger partial charge < -0.3 is 56.4 Å². The predicted molar refractivity (Wildman–Crippen MR) is 142 cm³/mol. The number of aliphatic hydroxyl groups is 2. The van der Waals surface area contributed by atoms with E-state index in [4.69, 9.17) is 10.8 Å². The molecule has 0 bridgehead atoms. The van der Waals surface area contributed by atoms with Crippen LogP contribution in [0.25, 0.3) is 0 Å². The number of hydrogen-bond acceptors (Lipinski definition) is 11. The minimum atomic E-state index is -6.01. The van der Waals surface area contributed by atoms with Crippen LogP contribution in [-0.4, -0.2) is 122 Å². The highest BCUT2D eigenvalue weighted by Gasteiger charge is 2.50. The Labute approximate surface area is 243 Å². The summed E-state index contributed by atoms with van der Waals surface area (Å²) in [5.74, 6) is -8.23. The van der Waals surface area contributed by atoms with Crippen LogP contribution in [0.5, 0.6) is 5.75 Å². The van der Waals surface area contributed by atoms with Gasteiger partial charge in [-0.15, -0.1) is 0 Å². The van der Waals surface area contributed by atoms with Crippen LogP contribution in [0.3, 0.4) is 0 Å². The summed E-state index contributed by atoms with van der Waals surface area (Å²) >= 11 is 0. The van der Waals surface area contributed by atoms with Gasteiger partial charge in [0.15, 0.2) is 0 Å². The number of nitrogens with one attached hydrogen (secondary N) is 2. The van der Waals surface area contributed by atoms with E-state index in [9.17, 15) is 68.0 Å². The largest absolute Gasteiger partial charge is 0.508 e. The van der Waals surface area contributed by atoms with E-state index in [0.29, 0.717) is 0 Å². The van der Waals surface area contributed by atoms with Crippen LogP contribution in [0, 0.1) is 0 Å². The summed E-state index contributed by atoms with van der Waals surface area (Å²) in [6, 6.07) is -5.70. The van der Waals surface area contributed by atoms with Crippen molar-refractivity contribution in [3.05, 3.63) is 29.8 Å². The van der Waals surface area contributed by atoms with Gasteiger partial charge in [0, 0.05) is 6.42 Å². The van der Waals surface area contributed by atoms with Gasteiger partial charge in [-0.25, -0.2) is 18.5 Å². The lowest BCUT2D eigenvalue weighted by Gasteiger charge is -2.37. The van der Waals surface area contributed by atoms with E-state index in [1.807, 2.05) is 10.6 Å². The molecule has 22 heteroatoms. The Kier molecular flexibility index (Phi) is 13.4. The lowest BCUT2D eigenvalue weighted by atomic mass is 10.0. The topological polar surface area (TPSA) is 338 Å². The van der Waals surface area contributed by atoms with Crippen LogP contribution in [-0.2, 0) is 39.5 Å². The molecule has 0 aromatic heterocycles. The number of benzene rings is 1. The first-order chi connectivity index (χ1) is 19.7. The molecule has 242 valence electrons. The average Bonchev–Trinajstić information content (AvgIpc) is 2.88. The van der Waals surface area contributed by atoms with Gasteiger partial charge in [0.25, 0.3) is 5.91 Å². The molecule has 1 rings (SSSR count). The zero-order valence-electron chi connectivity index (χ0n) is 22.6. The van der Waals surface area contributed by atoms with E-state index in [1.165, 1.54) is 0 Å². The van der Waals surface area contributed by atoms with Crippen LogP contribution < -0.4 is 16.4 Å². The summed E-state index contributed by atoms with van der Waals surface area (Å²) in [6.45, 7) is -0.796. The molecule has 20 nitrogen and oxygen atoms in total. The van der Waals surface area contributed by atoms with Crippen LogP contribution in [0.2, 0.25) is 0 Å². The summed E-state index contributed by atoms with van der Waals surface area (Å²) in [6.07, 6.45) is -0.816. The van der Waals surface area contributed by atoms with Crippen molar-refractivity contribution in [2.75, 3.05) is 13.2 Å². The number of aliphatic hydroxyl groups excluding tert-OH is 2. The van der Waals surface area contributed by atoms with Crippen LogP contribution in [0.4, 0.5) is 0 Å². The van der Waals surface area contributed by atoms with E-state index >= 15 is 0 Å². The average molecular weight is 657 g/mol. The molecule has 0 spiro atoms. The number of nitrogens with zero attached hydrogens (tertiary/aromatic N) is 2. The molecule has 4 amide bonds. The van der Waals surface area contributed by atoms with E-state index in [1.54, 1.807) is 0 Å². The van der Waals surface area contributed by atoms with Crippen molar-refractivity contribution in [1.29, 1.82) is 0 Å². The molecule has 1 aromatic rings.